The van der Waals surface area contributed by atoms with E-state index in [-0.39, 0.29) is 31.1 Å². The normalized spacial score (nSPS) is 29.0. The lowest BCUT2D eigenvalue weighted by Gasteiger charge is -2.51. The second-order valence-corrected chi connectivity index (χ2v) is 10.6. The fourth-order valence-corrected chi connectivity index (χ4v) is 5.34. The van der Waals surface area contributed by atoms with E-state index in [0.29, 0.717) is 29.1 Å². The van der Waals surface area contributed by atoms with Crippen LogP contribution in [0, 0.1) is 0 Å². The third-order valence-electron chi connectivity index (χ3n) is 7.34. The molecule has 10 heteroatoms. The Balaban J connectivity index is 1.36. The molecule has 7 nitrogen and oxygen atoms in total. The van der Waals surface area contributed by atoms with Crippen LogP contribution in [0.2, 0.25) is 5.02 Å². The average molecular weight is 504 g/mol. The van der Waals surface area contributed by atoms with Crippen LogP contribution >= 0.6 is 11.6 Å². The molecule has 2 fully saturated rings. The van der Waals surface area contributed by atoms with Crippen LogP contribution < -0.4 is 11.1 Å². The van der Waals surface area contributed by atoms with Crippen LogP contribution in [0.3, 0.4) is 0 Å². The molecule has 186 valence electrons. The quantitative estimate of drug-likeness (QED) is 0.531. The predicted octanol–water partition coefficient (Wildman–Crippen LogP) is 4.67. The molecule has 0 spiro atoms. The van der Waals surface area contributed by atoms with E-state index in [1.54, 1.807) is 19.2 Å². The van der Waals surface area contributed by atoms with Crippen LogP contribution in [0.1, 0.15) is 63.1 Å². The Labute approximate surface area is 207 Å². The summed E-state index contributed by atoms with van der Waals surface area (Å²) in [6.07, 6.45) is 3.57. The first-order valence-corrected chi connectivity index (χ1v) is 12.1. The molecule has 1 aliphatic heterocycles. The maximum atomic E-state index is 13.7. The number of rotatable bonds is 6. The number of aromatic nitrogens is 1. The number of guanidine groups is 1. The zero-order chi connectivity index (χ0) is 25.2. The molecular formula is C25H28ClF2N5O2. The molecule has 1 atom stereocenters. The first-order chi connectivity index (χ1) is 16.4. The number of pyridine rings is 1. The minimum atomic E-state index is -3.27. The molecule has 3 aliphatic rings. The highest BCUT2D eigenvalue weighted by Gasteiger charge is 2.60. The van der Waals surface area contributed by atoms with Crippen LogP contribution in [0.5, 0.6) is 0 Å². The third-order valence-corrected chi connectivity index (χ3v) is 7.75. The topological polar surface area (TPSA) is 104 Å². The summed E-state index contributed by atoms with van der Waals surface area (Å²) in [5, 5.41) is 13.8. The summed E-state index contributed by atoms with van der Waals surface area (Å²) in [7, 11) is 0. The molecule has 1 aromatic carbocycles. The summed E-state index contributed by atoms with van der Waals surface area (Å²) in [5.74, 6) is -3.11. The van der Waals surface area contributed by atoms with Gasteiger partial charge in [0.25, 0.3) is 5.92 Å². The Morgan fingerprint density at radius 3 is 2.54 bits per heavy atom. The van der Waals surface area contributed by atoms with Gasteiger partial charge in [-0.3, -0.25) is 14.7 Å². The van der Waals surface area contributed by atoms with Gasteiger partial charge in [0, 0.05) is 43.0 Å². The number of halogens is 3. The Morgan fingerprint density at radius 1 is 1.26 bits per heavy atom. The number of aliphatic hydroxyl groups is 1. The van der Waals surface area contributed by atoms with Gasteiger partial charge in [-0.25, -0.2) is 13.8 Å². The van der Waals surface area contributed by atoms with Gasteiger partial charge in [0.1, 0.15) is 5.60 Å². The molecule has 0 unspecified atom stereocenters. The highest BCUT2D eigenvalue weighted by Crippen LogP contribution is 2.48. The number of benzene rings is 1. The van der Waals surface area contributed by atoms with Crippen LogP contribution in [-0.4, -0.2) is 44.4 Å². The van der Waals surface area contributed by atoms with Gasteiger partial charge in [-0.2, -0.15) is 0 Å². The average Bonchev–Trinajstić information content (AvgIpc) is 3.58. The van der Waals surface area contributed by atoms with Crippen molar-refractivity contribution in [3.63, 3.8) is 0 Å². The van der Waals surface area contributed by atoms with Crippen molar-refractivity contribution in [2.75, 3.05) is 5.32 Å². The zero-order valence-electron chi connectivity index (χ0n) is 19.6. The molecule has 2 saturated carbocycles. The fraction of sp³-hybridized carbons (Fsp3) is 0.480. The second kappa shape index (κ2) is 8.13. The zero-order valence-corrected chi connectivity index (χ0v) is 20.3. The van der Waals surface area contributed by atoms with Crippen molar-refractivity contribution in [3.05, 3.63) is 52.8 Å². The molecular weight excluding hydrogens is 476 g/mol. The smallest absolute Gasteiger partial charge is 0.273 e. The maximum absolute atomic E-state index is 13.7. The number of anilines is 2. The Hall–Kier alpha value is -2.78. The number of nitrogens with two attached hydrogens (primary N) is 1. The molecule has 1 amide bonds. The number of hydrogen-bond acceptors (Lipinski definition) is 6. The van der Waals surface area contributed by atoms with Crippen LogP contribution in [0.15, 0.2) is 41.5 Å². The number of amides is 1. The number of carbonyl (C=O) groups is 1. The third kappa shape index (κ3) is 4.25. The van der Waals surface area contributed by atoms with Crippen molar-refractivity contribution in [2.24, 2.45) is 10.7 Å². The van der Waals surface area contributed by atoms with Crippen LogP contribution in [0.25, 0.3) is 0 Å². The maximum Gasteiger partial charge on any atom is 0.273 e. The van der Waals surface area contributed by atoms with E-state index in [1.165, 1.54) is 17.7 Å². The van der Waals surface area contributed by atoms with Crippen molar-refractivity contribution in [1.82, 2.24) is 9.88 Å². The van der Waals surface area contributed by atoms with E-state index in [1.807, 2.05) is 24.3 Å². The number of nitrogens with zero attached hydrogens (tertiary/aromatic N) is 3. The Bertz CT molecular complexity index is 1190. The van der Waals surface area contributed by atoms with Crippen molar-refractivity contribution >= 4 is 34.8 Å². The van der Waals surface area contributed by atoms with Gasteiger partial charge in [-0.05, 0) is 38.0 Å². The highest BCUT2D eigenvalue weighted by molar-refractivity contribution is 6.34. The predicted molar refractivity (Wildman–Crippen MR) is 130 cm³/mol. The summed E-state index contributed by atoms with van der Waals surface area (Å²) >= 11 is 6.76. The first-order valence-electron chi connectivity index (χ1n) is 11.7. The molecule has 0 radical (unpaired) electrons. The van der Waals surface area contributed by atoms with Gasteiger partial charge in [0.05, 0.1) is 34.6 Å². The van der Waals surface area contributed by atoms with Gasteiger partial charge in [-0.1, -0.05) is 23.7 Å². The summed E-state index contributed by atoms with van der Waals surface area (Å²) < 4.78 is 27.4. The minimum absolute atomic E-state index is 0.0358. The summed E-state index contributed by atoms with van der Waals surface area (Å²) in [4.78, 5) is 23.4. The van der Waals surface area contributed by atoms with Crippen LogP contribution in [-0.2, 0) is 10.3 Å². The van der Waals surface area contributed by atoms with Gasteiger partial charge in [0.15, 0.2) is 5.96 Å². The molecule has 2 aromatic rings. The van der Waals surface area contributed by atoms with E-state index >= 15 is 0 Å². The fourth-order valence-electron chi connectivity index (χ4n) is 4.96. The standard InChI is InChI=1S/C25H28ClF2N5O2/c1-23(12-20(34)33(22(29)32-23)16-10-25(35,11-16)24(2,27)28)17-4-3-5-19(21(17)26)31-15-8-9-18(30-13-15)14-6-7-14/h3-5,8-9,13-14,16,31,35H,6-7,10-12H2,1-2H3,(H2,29,32)/t16?,23-,25?/m0/s1. The lowest BCUT2D eigenvalue weighted by atomic mass is 9.71. The van der Waals surface area contributed by atoms with Gasteiger partial charge >= 0.3 is 0 Å². The number of carbonyl (C=O) groups excluding carboxylic acids is 1. The Kier molecular flexibility index (Phi) is 5.56. The van der Waals surface area contributed by atoms with Crippen molar-refractivity contribution in [3.8, 4) is 0 Å². The highest BCUT2D eigenvalue weighted by atomic mass is 35.5. The van der Waals surface area contributed by atoms with Crippen molar-refractivity contribution in [2.45, 2.75) is 75.0 Å². The molecule has 2 heterocycles. The molecule has 0 bridgehead atoms. The number of aliphatic imine (C=N–C) groups is 1. The Morgan fingerprint density at radius 2 is 1.97 bits per heavy atom. The first kappa shape index (κ1) is 23.9. The number of alkyl halides is 2. The van der Waals surface area contributed by atoms with E-state index < -0.39 is 23.1 Å². The molecule has 0 saturated heterocycles. The summed E-state index contributed by atoms with van der Waals surface area (Å²) in [6.45, 7) is 2.44. The SMILES string of the molecule is CC(F)(F)C1(O)CC(N2C(=O)C[C@@](C)(c3cccc(Nc4ccc(C5CC5)nc4)c3Cl)N=C2N)C1. The minimum Gasteiger partial charge on any atom is -0.383 e. The van der Waals surface area contributed by atoms with Gasteiger partial charge in [-0.15, -0.1) is 0 Å². The molecule has 35 heavy (non-hydrogen) atoms. The van der Waals surface area contributed by atoms with Crippen LogP contribution in [0.4, 0.5) is 20.2 Å². The second-order valence-electron chi connectivity index (χ2n) is 10.2. The molecule has 4 N–H and O–H groups in total. The lowest BCUT2D eigenvalue weighted by Crippen LogP contribution is -2.66. The van der Waals surface area contributed by atoms with Gasteiger partial charge in [0.2, 0.25) is 5.91 Å². The van der Waals surface area contributed by atoms with E-state index in [0.717, 1.165) is 11.4 Å². The largest absolute Gasteiger partial charge is 0.383 e. The van der Waals surface area contributed by atoms with E-state index in [2.05, 4.69) is 15.3 Å². The molecule has 1 aromatic heterocycles. The monoisotopic (exact) mass is 503 g/mol. The number of nitrogens with one attached hydrogen (secondary N) is 1. The molecule has 2 aliphatic carbocycles. The molecule has 5 rings (SSSR count). The van der Waals surface area contributed by atoms with Crippen molar-refractivity contribution in [1.29, 1.82) is 0 Å². The van der Waals surface area contributed by atoms with E-state index in [9.17, 15) is 18.7 Å². The van der Waals surface area contributed by atoms with E-state index in [4.69, 9.17) is 17.3 Å². The van der Waals surface area contributed by atoms with Crippen molar-refractivity contribution < 1.29 is 18.7 Å². The summed E-state index contributed by atoms with van der Waals surface area (Å²) in [6, 6.07) is 8.78. The number of hydrogen-bond donors (Lipinski definition) is 3. The van der Waals surface area contributed by atoms with Gasteiger partial charge < -0.3 is 16.2 Å². The summed E-state index contributed by atoms with van der Waals surface area (Å²) in [5.41, 5.74) is 6.13. The lowest BCUT2D eigenvalue weighted by molar-refractivity contribution is -0.224.